The van der Waals surface area contributed by atoms with E-state index in [0.29, 0.717) is 6.04 Å². The van der Waals surface area contributed by atoms with E-state index in [2.05, 4.69) is 17.6 Å². The maximum atomic E-state index is 11.3. The van der Waals surface area contributed by atoms with Gasteiger partial charge in [-0.05, 0) is 37.0 Å². The van der Waals surface area contributed by atoms with Gasteiger partial charge in [-0.1, -0.05) is 19.8 Å². The fourth-order valence-corrected chi connectivity index (χ4v) is 2.97. The van der Waals surface area contributed by atoms with Crippen LogP contribution in [0.4, 0.5) is 11.4 Å². The van der Waals surface area contributed by atoms with Crippen LogP contribution in [0.15, 0.2) is 18.2 Å². The first kappa shape index (κ1) is 12.3. The van der Waals surface area contributed by atoms with E-state index in [9.17, 15) is 4.79 Å². The number of amides is 1. The van der Waals surface area contributed by atoms with E-state index in [-0.39, 0.29) is 12.5 Å². The number of nitrogens with one attached hydrogen (secondary N) is 2. The average molecular weight is 260 g/mol. The maximum Gasteiger partial charge on any atom is 0.262 e. The van der Waals surface area contributed by atoms with E-state index in [1.54, 1.807) is 0 Å². The number of hydrogen-bond donors (Lipinski definition) is 2. The highest BCUT2D eigenvalue weighted by Gasteiger charge is 2.20. The molecule has 1 aliphatic carbocycles. The first-order valence-corrected chi connectivity index (χ1v) is 7.04. The zero-order valence-corrected chi connectivity index (χ0v) is 11.2. The van der Waals surface area contributed by atoms with Crippen LogP contribution in [0.25, 0.3) is 0 Å². The van der Waals surface area contributed by atoms with Gasteiger partial charge in [-0.25, -0.2) is 0 Å². The Kier molecular flexibility index (Phi) is 3.32. The van der Waals surface area contributed by atoms with Crippen LogP contribution < -0.4 is 15.4 Å². The molecule has 1 aliphatic heterocycles. The van der Waals surface area contributed by atoms with Crippen molar-refractivity contribution >= 4 is 17.3 Å². The molecule has 1 aromatic rings. The van der Waals surface area contributed by atoms with Gasteiger partial charge in [0.2, 0.25) is 0 Å². The van der Waals surface area contributed by atoms with Gasteiger partial charge >= 0.3 is 0 Å². The van der Waals surface area contributed by atoms with Crippen molar-refractivity contribution in [2.75, 3.05) is 17.2 Å². The predicted octanol–water partition coefficient (Wildman–Crippen LogP) is 3.01. The largest absolute Gasteiger partial charge is 0.482 e. The number of carbonyl (C=O) groups excluding carboxylic acids is 1. The summed E-state index contributed by atoms with van der Waals surface area (Å²) >= 11 is 0. The summed E-state index contributed by atoms with van der Waals surface area (Å²) in [6, 6.07) is 6.45. The minimum Gasteiger partial charge on any atom is -0.482 e. The van der Waals surface area contributed by atoms with E-state index in [1.807, 2.05) is 18.2 Å². The topological polar surface area (TPSA) is 50.4 Å². The Morgan fingerprint density at radius 2 is 2.26 bits per heavy atom. The SMILES string of the molecule is CC1CCCC(Nc2ccc3c(c2)NC(=O)CO3)C1. The summed E-state index contributed by atoms with van der Waals surface area (Å²) in [5.74, 6) is 1.46. The summed E-state index contributed by atoms with van der Waals surface area (Å²) in [6.45, 7) is 2.43. The Bertz CT molecular complexity index is 487. The number of benzene rings is 1. The Morgan fingerprint density at radius 1 is 1.37 bits per heavy atom. The third-order valence-electron chi connectivity index (χ3n) is 3.92. The van der Waals surface area contributed by atoms with Gasteiger partial charge in [-0.3, -0.25) is 4.79 Å². The Morgan fingerprint density at radius 3 is 3.11 bits per heavy atom. The number of carbonyl (C=O) groups is 1. The number of fused-ring (bicyclic) bond motifs is 1. The molecule has 2 N–H and O–H groups in total. The molecule has 2 unspecified atom stereocenters. The van der Waals surface area contributed by atoms with Crippen molar-refractivity contribution in [1.29, 1.82) is 0 Å². The zero-order chi connectivity index (χ0) is 13.2. The minimum absolute atomic E-state index is 0.0871. The molecule has 2 aliphatic rings. The summed E-state index contributed by atoms with van der Waals surface area (Å²) in [5, 5.41) is 6.41. The molecule has 4 nitrogen and oxygen atoms in total. The molecule has 1 amide bonds. The second kappa shape index (κ2) is 5.11. The van der Waals surface area contributed by atoms with Crippen LogP contribution in [-0.2, 0) is 4.79 Å². The number of ether oxygens (including phenoxy) is 1. The monoisotopic (exact) mass is 260 g/mol. The van der Waals surface area contributed by atoms with Crippen molar-refractivity contribution in [3.05, 3.63) is 18.2 Å². The first-order chi connectivity index (χ1) is 9.20. The number of anilines is 2. The van der Waals surface area contributed by atoms with Gasteiger partial charge in [0.15, 0.2) is 6.61 Å². The zero-order valence-electron chi connectivity index (χ0n) is 11.2. The van der Waals surface area contributed by atoms with Crippen molar-refractivity contribution in [2.24, 2.45) is 5.92 Å². The van der Waals surface area contributed by atoms with Crippen LogP contribution in [0, 0.1) is 5.92 Å². The van der Waals surface area contributed by atoms with E-state index in [1.165, 1.54) is 25.7 Å². The van der Waals surface area contributed by atoms with Crippen LogP contribution in [0.3, 0.4) is 0 Å². The molecule has 19 heavy (non-hydrogen) atoms. The molecule has 0 aromatic heterocycles. The lowest BCUT2D eigenvalue weighted by Crippen LogP contribution is -2.27. The van der Waals surface area contributed by atoms with Crippen molar-refractivity contribution in [3.8, 4) is 5.75 Å². The van der Waals surface area contributed by atoms with Gasteiger partial charge in [0.1, 0.15) is 5.75 Å². The maximum absolute atomic E-state index is 11.3. The molecular weight excluding hydrogens is 240 g/mol. The van der Waals surface area contributed by atoms with Crippen LogP contribution in [0.2, 0.25) is 0 Å². The molecule has 1 heterocycles. The smallest absolute Gasteiger partial charge is 0.262 e. The summed E-state index contributed by atoms with van der Waals surface area (Å²) in [6.07, 6.45) is 5.08. The standard InChI is InChI=1S/C15H20N2O2/c1-10-3-2-4-11(7-10)16-12-5-6-14-13(8-12)17-15(18)9-19-14/h5-6,8,10-11,16H,2-4,7,9H2,1H3,(H,17,18). The van der Waals surface area contributed by atoms with E-state index < -0.39 is 0 Å². The quantitative estimate of drug-likeness (QED) is 0.859. The average Bonchev–Trinajstić information content (AvgIpc) is 2.38. The van der Waals surface area contributed by atoms with Gasteiger partial charge < -0.3 is 15.4 Å². The van der Waals surface area contributed by atoms with Crippen molar-refractivity contribution in [2.45, 2.75) is 38.6 Å². The van der Waals surface area contributed by atoms with Crippen LogP contribution in [-0.4, -0.2) is 18.6 Å². The highest BCUT2D eigenvalue weighted by molar-refractivity contribution is 5.96. The highest BCUT2D eigenvalue weighted by atomic mass is 16.5. The molecule has 2 atom stereocenters. The molecule has 1 saturated carbocycles. The predicted molar refractivity (Wildman–Crippen MR) is 75.6 cm³/mol. The highest BCUT2D eigenvalue weighted by Crippen LogP contribution is 2.32. The summed E-state index contributed by atoms with van der Waals surface area (Å²) in [7, 11) is 0. The second-order valence-corrected chi connectivity index (χ2v) is 5.66. The molecule has 102 valence electrons. The fourth-order valence-electron chi connectivity index (χ4n) is 2.97. The van der Waals surface area contributed by atoms with Crippen molar-refractivity contribution in [3.63, 3.8) is 0 Å². The lowest BCUT2D eigenvalue weighted by atomic mass is 9.87. The third kappa shape index (κ3) is 2.83. The Hall–Kier alpha value is -1.71. The van der Waals surface area contributed by atoms with Gasteiger partial charge in [0.05, 0.1) is 5.69 Å². The van der Waals surface area contributed by atoms with Crippen LogP contribution in [0.5, 0.6) is 5.75 Å². The molecule has 4 heteroatoms. The Balaban J connectivity index is 1.71. The molecule has 3 rings (SSSR count). The normalized spacial score (nSPS) is 26.1. The molecule has 0 spiro atoms. The molecule has 1 fully saturated rings. The van der Waals surface area contributed by atoms with Gasteiger partial charge in [0.25, 0.3) is 5.91 Å². The second-order valence-electron chi connectivity index (χ2n) is 5.66. The summed E-state index contributed by atoms with van der Waals surface area (Å²) in [4.78, 5) is 11.3. The van der Waals surface area contributed by atoms with Crippen molar-refractivity contribution < 1.29 is 9.53 Å². The third-order valence-corrected chi connectivity index (χ3v) is 3.92. The number of hydrogen-bond acceptors (Lipinski definition) is 3. The van der Waals surface area contributed by atoms with E-state index >= 15 is 0 Å². The van der Waals surface area contributed by atoms with Gasteiger partial charge in [-0.15, -0.1) is 0 Å². The van der Waals surface area contributed by atoms with E-state index in [0.717, 1.165) is 23.0 Å². The van der Waals surface area contributed by atoms with Crippen molar-refractivity contribution in [1.82, 2.24) is 0 Å². The molecule has 0 radical (unpaired) electrons. The fraction of sp³-hybridized carbons (Fsp3) is 0.533. The number of rotatable bonds is 2. The van der Waals surface area contributed by atoms with E-state index in [4.69, 9.17) is 4.74 Å². The first-order valence-electron chi connectivity index (χ1n) is 7.04. The summed E-state index contributed by atoms with van der Waals surface area (Å²) < 4.78 is 5.36. The molecule has 0 bridgehead atoms. The minimum atomic E-state index is -0.0871. The Labute approximate surface area is 113 Å². The lowest BCUT2D eigenvalue weighted by molar-refractivity contribution is -0.118. The molecular formula is C15H20N2O2. The summed E-state index contributed by atoms with van der Waals surface area (Å²) in [5.41, 5.74) is 1.83. The molecule has 1 aromatic carbocycles. The molecule has 0 saturated heterocycles. The van der Waals surface area contributed by atoms with Gasteiger partial charge in [-0.2, -0.15) is 0 Å². The van der Waals surface area contributed by atoms with Gasteiger partial charge in [0, 0.05) is 11.7 Å². The van der Waals surface area contributed by atoms with Crippen LogP contribution >= 0.6 is 0 Å². The lowest BCUT2D eigenvalue weighted by Gasteiger charge is -2.28. The van der Waals surface area contributed by atoms with Crippen LogP contribution in [0.1, 0.15) is 32.6 Å².